The van der Waals surface area contributed by atoms with Crippen LogP contribution in [0.5, 0.6) is 0 Å². The second-order valence-electron chi connectivity index (χ2n) is 5.41. The molecule has 0 bridgehead atoms. The SMILES string of the molecule is Cc1cccc(CC2(C#N)CCC(C)C2)c1. The Kier molecular flexibility index (Phi) is 3.01. The smallest absolute Gasteiger partial charge is 0.0693 e. The molecule has 0 spiro atoms. The molecule has 1 saturated carbocycles. The minimum Gasteiger partial charge on any atom is -0.198 e. The maximum atomic E-state index is 9.41. The van der Waals surface area contributed by atoms with Gasteiger partial charge in [-0.05, 0) is 44.1 Å². The topological polar surface area (TPSA) is 23.8 Å². The zero-order valence-corrected chi connectivity index (χ0v) is 10.2. The van der Waals surface area contributed by atoms with Crippen molar-refractivity contribution in [1.29, 1.82) is 5.26 Å². The minimum atomic E-state index is -0.0901. The highest BCUT2D eigenvalue weighted by Gasteiger charge is 2.37. The van der Waals surface area contributed by atoms with Gasteiger partial charge in [-0.2, -0.15) is 5.26 Å². The zero-order chi connectivity index (χ0) is 11.6. The van der Waals surface area contributed by atoms with E-state index >= 15 is 0 Å². The first-order valence-electron chi connectivity index (χ1n) is 6.10. The van der Waals surface area contributed by atoms with E-state index in [2.05, 4.69) is 44.2 Å². The highest BCUT2D eigenvalue weighted by atomic mass is 14.4. The summed E-state index contributed by atoms with van der Waals surface area (Å²) in [6, 6.07) is 11.1. The molecule has 0 aromatic heterocycles. The van der Waals surface area contributed by atoms with E-state index in [4.69, 9.17) is 0 Å². The van der Waals surface area contributed by atoms with Gasteiger partial charge in [0.2, 0.25) is 0 Å². The van der Waals surface area contributed by atoms with Crippen molar-refractivity contribution < 1.29 is 0 Å². The molecule has 0 saturated heterocycles. The van der Waals surface area contributed by atoms with Crippen LogP contribution in [0.3, 0.4) is 0 Å². The van der Waals surface area contributed by atoms with Gasteiger partial charge in [0.25, 0.3) is 0 Å². The molecule has 0 radical (unpaired) electrons. The number of benzene rings is 1. The van der Waals surface area contributed by atoms with Gasteiger partial charge in [-0.3, -0.25) is 0 Å². The highest BCUT2D eigenvalue weighted by molar-refractivity contribution is 5.25. The van der Waals surface area contributed by atoms with Crippen LogP contribution in [0.2, 0.25) is 0 Å². The van der Waals surface area contributed by atoms with Crippen LogP contribution in [0.25, 0.3) is 0 Å². The predicted molar refractivity (Wildman–Crippen MR) is 65.9 cm³/mol. The molecule has 1 aliphatic rings. The van der Waals surface area contributed by atoms with Gasteiger partial charge in [-0.1, -0.05) is 36.8 Å². The van der Waals surface area contributed by atoms with E-state index in [-0.39, 0.29) is 5.41 Å². The molecule has 1 aromatic carbocycles. The summed E-state index contributed by atoms with van der Waals surface area (Å²) in [5.74, 6) is 0.712. The lowest BCUT2D eigenvalue weighted by Crippen LogP contribution is -2.17. The quantitative estimate of drug-likeness (QED) is 0.731. The fourth-order valence-corrected chi connectivity index (χ4v) is 2.91. The standard InChI is InChI=1S/C15H19N/c1-12-4-3-5-14(8-12)10-15(11-16)7-6-13(2)9-15/h3-5,8,13H,6-7,9-10H2,1-2H3. The molecule has 1 heteroatoms. The molecule has 2 unspecified atom stereocenters. The summed E-state index contributed by atoms with van der Waals surface area (Å²) in [5.41, 5.74) is 2.51. The highest BCUT2D eigenvalue weighted by Crippen LogP contribution is 2.43. The first kappa shape index (κ1) is 11.2. The largest absolute Gasteiger partial charge is 0.198 e. The molecule has 1 aliphatic carbocycles. The first-order chi connectivity index (χ1) is 7.63. The molecular formula is C15H19N. The molecule has 0 heterocycles. The van der Waals surface area contributed by atoms with Gasteiger partial charge in [0.15, 0.2) is 0 Å². The summed E-state index contributed by atoms with van der Waals surface area (Å²) in [6.07, 6.45) is 4.27. The van der Waals surface area contributed by atoms with Crippen molar-refractivity contribution in [2.75, 3.05) is 0 Å². The minimum absolute atomic E-state index is 0.0901. The van der Waals surface area contributed by atoms with Crippen LogP contribution >= 0.6 is 0 Å². The number of nitriles is 1. The summed E-state index contributed by atoms with van der Waals surface area (Å²) in [7, 11) is 0. The Morgan fingerprint density at radius 2 is 2.31 bits per heavy atom. The average molecular weight is 213 g/mol. The lowest BCUT2D eigenvalue weighted by molar-refractivity contribution is 0.391. The van der Waals surface area contributed by atoms with Gasteiger partial charge in [-0.25, -0.2) is 0 Å². The molecule has 84 valence electrons. The maximum Gasteiger partial charge on any atom is 0.0693 e. The second-order valence-corrected chi connectivity index (χ2v) is 5.41. The molecule has 1 fully saturated rings. The average Bonchev–Trinajstić information content (AvgIpc) is 2.61. The fourth-order valence-electron chi connectivity index (χ4n) is 2.91. The number of hydrogen-bond donors (Lipinski definition) is 0. The van der Waals surface area contributed by atoms with Crippen LogP contribution in [0, 0.1) is 29.6 Å². The second kappa shape index (κ2) is 4.29. The molecule has 1 aromatic rings. The van der Waals surface area contributed by atoms with Crippen LogP contribution in [0.15, 0.2) is 24.3 Å². The zero-order valence-electron chi connectivity index (χ0n) is 10.2. The Labute approximate surface area is 98.1 Å². The summed E-state index contributed by atoms with van der Waals surface area (Å²) in [6.45, 7) is 4.37. The lowest BCUT2D eigenvalue weighted by atomic mass is 9.80. The fraction of sp³-hybridized carbons (Fsp3) is 0.533. The van der Waals surface area contributed by atoms with E-state index in [1.807, 2.05) is 0 Å². The van der Waals surface area contributed by atoms with Gasteiger partial charge >= 0.3 is 0 Å². The van der Waals surface area contributed by atoms with Crippen LogP contribution < -0.4 is 0 Å². The van der Waals surface area contributed by atoms with E-state index in [9.17, 15) is 5.26 Å². The van der Waals surface area contributed by atoms with Gasteiger partial charge in [0.05, 0.1) is 11.5 Å². The summed E-state index contributed by atoms with van der Waals surface area (Å²) in [4.78, 5) is 0. The van der Waals surface area contributed by atoms with Crippen molar-refractivity contribution >= 4 is 0 Å². The molecule has 0 aliphatic heterocycles. The molecule has 0 amide bonds. The number of hydrogen-bond acceptors (Lipinski definition) is 1. The van der Waals surface area contributed by atoms with Crippen LogP contribution in [0.4, 0.5) is 0 Å². The third-order valence-electron chi connectivity index (χ3n) is 3.72. The van der Waals surface area contributed by atoms with Gasteiger partial charge in [0.1, 0.15) is 0 Å². The van der Waals surface area contributed by atoms with Crippen molar-refractivity contribution in [2.45, 2.75) is 39.5 Å². The third-order valence-corrected chi connectivity index (χ3v) is 3.72. The normalized spacial score (nSPS) is 28.9. The summed E-state index contributed by atoms with van der Waals surface area (Å²) >= 11 is 0. The molecule has 2 rings (SSSR count). The lowest BCUT2D eigenvalue weighted by Gasteiger charge is -2.20. The first-order valence-corrected chi connectivity index (χ1v) is 6.10. The Morgan fingerprint density at radius 3 is 2.88 bits per heavy atom. The van der Waals surface area contributed by atoms with Crippen molar-refractivity contribution in [2.24, 2.45) is 11.3 Å². The number of nitrogens with zero attached hydrogens (tertiary/aromatic N) is 1. The van der Waals surface area contributed by atoms with Crippen molar-refractivity contribution in [3.05, 3.63) is 35.4 Å². The van der Waals surface area contributed by atoms with E-state index in [1.165, 1.54) is 17.5 Å². The predicted octanol–water partition coefficient (Wildman–Crippen LogP) is 3.87. The number of aryl methyl sites for hydroxylation is 1. The molecular weight excluding hydrogens is 194 g/mol. The van der Waals surface area contributed by atoms with E-state index in [0.717, 1.165) is 19.3 Å². The van der Waals surface area contributed by atoms with Gasteiger partial charge < -0.3 is 0 Å². The maximum absolute atomic E-state index is 9.41. The Morgan fingerprint density at radius 1 is 1.50 bits per heavy atom. The molecule has 0 N–H and O–H groups in total. The van der Waals surface area contributed by atoms with Crippen molar-refractivity contribution in [3.63, 3.8) is 0 Å². The van der Waals surface area contributed by atoms with E-state index < -0.39 is 0 Å². The Bertz CT molecular complexity index is 416. The summed E-state index contributed by atoms with van der Waals surface area (Å²) in [5, 5.41) is 9.41. The summed E-state index contributed by atoms with van der Waals surface area (Å²) < 4.78 is 0. The van der Waals surface area contributed by atoms with E-state index in [0.29, 0.717) is 5.92 Å². The third kappa shape index (κ3) is 2.27. The van der Waals surface area contributed by atoms with Crippen molar-refractivity contribution in [1.82, 2.24) is 0 Å². The monoisotopic (exact) mass is 213 g/mol. The Balaban J connectivity index is 2.17. The van der Waals surface area contributed by atoms with Crippen LogP contribution in [0.1, 0.15) is 37.3 Å². The van der Waals surface area contributed by atoms with E-state index in [1.54, 1.807) is 0 Å². The number of rotatable bonds is 2. The molecule has 1 nitrogen and oxygen atoms in total. The van der Waals surface area contributed by atoms with Gasteiger partial charge in [0, 0.05) is 0 Å². The van der Waals surface area contributed by atoms with Crippen LogP contribution in [-0.4, -0.2) is 0 Å². The molecule has 16 heavy (non-hydrogen) atoms. The van der Waals surface area contributed by atoms with Gasteiger partial charge in [-0.15, -0.1) is 0 Å². The molecule has 2 atom stereocenters. The van der Waals surface area contributed by atoms with Crippen LogP contribution in [-0.2, 0) is 6.42 Å². The van der Waals surface area contributed by atoms with Crippen molar-refractivity contribution in [3.8, 4) is 6.07 Å². The Hall–Kier alpha value is -1.29.